The molecule has 0 radical (unpaired) electrons. The van der Waals surface area contributed by atoms with Gasteiger partial charge in [-0.3, -0.25) is 9.79 Å². The Kier molecular flexibility index (Phi) is 3.06. The van der Waals surface area contributed by atoms with E-state index in [4.69, 9.17) is 6.42 Å². The van der Waals surface area contributed by atoms with Crippen LogP contribution >= 0.6 is 0 Å². The molecular weight excluding hydrogens is 248 g/mol. The van der Waals surface area contributed by atoms with Gasteiger partial charge in [-0.2, -0.15) is 0 Å². The number of benzodiazepines with no additional fused rings is 1. The van der Waals surface area contributed by atoms with Crippen molar-refractivity contribution in [1.29, 1.82) is 0 Å². The van der Waals surface area contributed by atoms with Crippen LogP contribution in [0.25, 0.3) is 0 Å². The Labute approximate surface area is 117 Å². The van der Waals surface area contributed by atoms with Crippen molar-refractivity contribution in [2.45, 2.75) is 0 Å². The minimum atomic E-state index is -0.120. The highest BCUT2D eigenvalue weighted by Gasteiger charge is 2.17. The molecule has 3 nitrogen and oxygen atoms in total. The highest BCUT2D eigenvalue weighted by Crippen LogP contribution is 2.23. The van der Waals surface area contributed by atoms with E-state index in [0.717, 1.165) is 28.1 Å². The average molecular weight is 260 g/mol. The Morgan fingerprint density at radius 1 is 1.15 bits per heavy atom. The Morgan fingerprint density at radius 2 is 1.95 bits per heavy atom. The van der Waals surface area contributed by atoms with E-state index in [0.29, 0.717) is 0 Å². The molecule has 0 fully saturated rings. The summed E-state index contributed by atoms with van der Waals surface area (Å²) >= 11 is 0. The first-order valence-electron chi connectivity index (χ1n) is 6.28. The summed E-state index contributed by atoms with van der Waals surface area (Å²) in [6, 6.07) is 15.3. The Morgan fingerprint density at radius 3 is 2.70 bits per heavy atom. The lowest BCUT2D eigenvalue weighted by molar-refractivity contribution is -0.114. The number of carbonyl (C=O) groups is 1. The molecule has 0 atom stereocenters. The Balaban J connectivity index is 2.21. The molecule has 0 aliphatic carbocycles. The second kappa shape index (κ2) is 5.02. The largest absolute Gasteiger partial charge is 0.324 e. The number of anilines is 1. The number of aliphatic imine (C=N–C) groups is 1. The molecular formula is C17H12N2O. The average Bonchev–Trinajstić information content (AvgIpc) is 2.65. The van der Waals surface area contributed by atoms with Gasteiger partial charge in [0.25, 0.3) is 0 Å². The van der Waals surface area contributed by atoms with Gasteiger partial charge in [0.05, 0.1) is 11.4 Å². The Bertz CT molecular complexity index is 739. The lowest BCUT2D eigenvalue weighted by Gasteiger charge is -2.10. The van der Waals surface area contributed by atoms with Gasteiger partial charge in [-0.25, -0.2) is 0 Å². The molecule has 2 aromatic rings. The summed E-state index contributed by atoms with van der Waals surface area (Å²) in [5.41, 5.74) is 4.13. The van der Waals surface area contributed by atoms with Gasteiger partial charge in [0.15, 0.2) is 0 Å². The summed E-state index contributed by atoms with van der Waals surface area (Å²) in [4.78, 5) is 16.1. The maximum absolute atomic E-state index is 11.7. The molecule has 0 unspecified atom stereocenters. The van der Waals surface area contributed by atoms with Crippen LogP contribution in [0.1, 0.15) is 16.7 Å². The number of amides is 1. The number of nitrogens with one attached hydrogen (secondary N) is 1. The molecule has 1 amide bonds. The number of fused-ring (bicyclic) bond motifs is 1. The lowest BCUT2D eigenvalue weighted by Crippen LogP contribution is -2.13. The van der Waals surface area contributed by atoms with Crippen molar-refractivity contribution in [2.75, 3.05) is 11.9 Å². The molecule has 1 aliphatic heterocycles. The number of benzene rings is 2. The number of hydrogen-bond donors (Lipinski definition) is 1. The van der Waals surface area contributed by atoms with Crippen molar-refractivity contribution in [2.24, 2.45) is 4.99 Å². The van der Waals surface area contributed by atoms with Gasteiger partial charge in [0.2, 0.25) is 5.91 Å². The number of nitrogens with zero attached hydrogens (tertiary/aromatic N) is 1. The van der Waals surface area contributed by atoms with E-state index in [9.17, 15) is 4.79 Å². The minimum Gasteiger partial charge on any atom is -0.324 e. The SMILES string of the molecule is C#Cc1ccc2c(c1)C(c1ccccc1)=NCC(=O)N2. The molecule has 96 valence electrons. The van der Waals surface area contributed by atoms with E-state index in [2.05, 4.69) is 16.2 Å². The fraction of sp³-hybridized carbons (Fsp3) is 0.0588. The second-order valence-corrected chi connectivity index (χ2v) is 4.48. The highest BCUT2D eigenvalue weighted by atomic mass is 16.1. The summed E-state index contributed by atoms with van der Waals surface area (Å²) in [6.45, 7) is 0.115. The van der Waals surface area contributed by atoms with Crippen molar-refractivity contribution < 1.29 is 4.79 Å². The van der Waals surface area contributed by atoms with Crippen LogP contribution in [0.15, 0.2) is 53.5 Å². The number of hydrogen-bond acceptors (Lipinski definition) is 2. The summed E-state index contributed by atoms with van der Waals surface area (Å²) < 4.78 is 0. The van der Waals surface area contributed by atoms with E-state index in [1.54, 1.807) is 0 Å². The van der Waals surface area contributed by atoms with Gasteiger partial charge >= 0.3 is 0 Å². The maximum Gasteiger partial charge on any atom is 0.246 e. The molecule has 0 aromatic heterocycles. The first-order chi connectivity index (χ1) is 9.78. The van der Waals surface area contributed by atoms with Crippen molar-refractivity contribution in [3.05, 3.63) is 65.2 Å². The molecule has 3 heteroatoms. The van der Waals surface area contributed by atoms with Gasteiger partial charge < -0.3 is 5.32 Å². The summed E-state index contributed by atoms with van der Waals surface area (Å²) in [5.74, 6) is 2.49. The van der Waals surface area contributed by atoms with Crippen molar-refractivity contribution in [3.63, 3.8) is 0 Å². The third kappa shape index (κ3) is 2.19. The topological polar surface area (TPSA) is 41.5 Å². The normalized spacial score (nSPS) is 13.6. The molecule has 0 saturated heterocycles. The molecule has 0 bridgehead atoms. The third-order valence-electron chi connectivity index (χ3n) is 3.14. The first-order valence-corrected chi connectivity index (χ1v) is 6.28. The maximum atomic E-state index is 11.7. The van der Waals surface area contributed by atoms with Crippen LogP contribution in [0.3, 0.4) is 0 Å². The molecule has 1 aliphatic rings. The van der Waals surface area contributed by atoms with Gasteiger partial charge in [-0.1, -0.05) is 36.3 Å². The minimum absolute atomic E-state index is 0.115. The van der Waals surface area contributed by atoms with E-state index >= 15 is 0 Å². The monoisotopic (exact) mass is 260 g/mol. The predicted octanol–water partition coefficient (Wildman–Crippen LogP) is 2.46. The summed E-state index contributed by atoms with van der Waals surface area (Å²) in [7, 11) is 0. The van der Waals surface area contributed by atoms with Gasteiger partial charge in [0.1, 0.15) is 6.54 Å². The second-order valence-electron chi connectivity index (χ2n) is 4.48. The predicted molar refractivity (Wildman–Crippen MR) is 80.0 cm³/mol. The molecule has 1 N–H and O–H groups in total. The van der Waals surface area contributed by atoms with Crippen LogP contribution in [0, 0.1) is 12.3 Å². The van der Waals surface area contributed by atoms with Crippen LogP contribution in [0.2, 0.25) is 0 Å². The smallest absolute Gasteiger partial charge is 0.246 e. The van der Waals surface area contributed by atoms with Gasteiger partial charge in [0, 0.05) is 16.7 Å². The van der Waals surface area contributed by atoms with E-state index in [-0.39, 0.29) is 12.5 Å². The fourth-order valence-corrected chi connectivity index (χ4v) is 2.21. The summed E-state index contributed by atoms with van der Waals surface area (Å²) in [6.07, 6.45) is 5.46. The standard InChI is InChI=1S/C17H12N2O/c1-2-12-8-9-15-14(10-12)17(18-11-16(20)19-15)13-6-4-3-5-7-13/h1,3-10H,11H2,(H,19,20). The van der Waals surface area contributed by atoms with E-state index in [1.807, 2.05) is 48.5 Å². The quantitative estimate of drug-likeness (QED) is 0.786. The number of rotatable bonds is 1. The van der Waals surface area contributed by atoms with Crippen LogP contribution in [0.4, 0.5) is 5.69 Å². The van der Waals surface area contributed by atoms with Gasteiger partial charge in [-0.05, 0) is 18.2 Å². The number of carbonyl (C=O) groups excluding carboxylic acids is 1. The third-order valence-corrected chi connectivity index (χ3v) is 3.14. The fourth-order valence-electron chi connectivity index (χ4n) is 2.21. The zero-order valence-corrected chi connectivity index (χ0v) is 10.8. The van der Waals surface area contributed by atoms with Crippen molar-refractivity contribution in [3.8, 4) is 12.3 Å². The van der Waals surface area contributed by atoms with E-state index < -0.39 is 0 Å². The van der Waals surface area contributed by atoms with Gasteiger partial charge in [-0.15, -0.1) is 6.42 Å². The van der Waals surface area contributed by atoms with Crippen LogP contribution in [-0.2, 0) is 4.79 Å². The van der Waals surface area contributed by atoms with Crippen LogP contribution in [0.5, 0.6) is 0 Å². The lowest BCUT2D eigenvalue weighted by atomic mass is 9.99. The van der Waals surface area contributed by atoms with Crippen LogP contribution in [-0.4, -0.2) is 18.2 Å². The zero-order valence-electron chi connectivity index (χ0n) is 10.8. The molecule has 1 heterocycles. The van der Waals surface area contributed by atoms with Crippen molar-refractivity contribution >= 4 is 17.3 Å². The highest BCUT2D eigenvalue weighted by molar-refractivity contribution is 6.19. The summed E-state index contributed by atoms with van der Waals surface area (Å²) in [5, 5.41) is 2.85. The molecule has 3 rings (SSSR count). The first kappa shape index (κ1) is 12.2. The molecule has 0 saturated carbocycles. The molecule has 2 aromatic carbocycles. The van der Waals surface area contributed by atoms with E-state index in [1.165, 1.54) is 0 Å². The van der Waals surface area contributed by atoms with Crippen molar-refractivity contribution in [1.82, 2.24) is 0 Å². The molecule has 0 spiro atoms. The number of terminal acetylenes is 1. The zero-order chi connectivity index (χ0) is 13.9. The Hall–Kier alpha value is -2.86. The van der Waals surface area contributed by atoms with Crippen LogP contribution < -0.4 is 5.32 Å². The molecule has 20 heavy (non-hydrogen) atoms.